The van der Waals surface area contributed by atoms with E-state index in [-0.39, 0.29) is 0 Å². The molecule has 0 aliphatic carbocycles. The first-order valence-corrected chi connectivity index (χ1v) is 8.50. The summed E-state index contributed by atoms with van der Waals surface area (Å²) in [4.78, 5) is 4.64. The van der Waals surface area contributed by atoms with Gasteiger partial charge in [0.25, 0.3) is 0 Å². The molecule has 0 amide bonds. The van der Waals surface area contributed by atoms with Gasteiger partial charge < -0.3 is 4.40 Å². The monoisotopic (exact) mass is 318 g/mol. The Morgan fingerprint density at radius 2 is 1.40 bits per heavy atom. The summed E-state index contributed by atoms with van der Waals surface area (Å²) in [7, 11) is 0. The zero-order valence-corrected chi connectivity index (χ0v) is 13.5. The van der Waals surface area contributed by atoms with Crippen molar-refractivity contribution in [2.24, 2.45) is 0 Å². The molecule has 0 aliphatic rings. The highest BCUT2D eigenvalue weighted by Gasteiger charge is 2.12. The van der Waals surface area contributed by atoms with Crippen molar-refractivity contribution >= 4 is 48.9 Å². The molecule has 3 aromatic heterocycles. The molecule has 25 heavy (non-hydrogen) atoms. The molecule has 0 atom stereocenters. The van der Waals surface area contributed by atoms with Crippen molar-refractivity contribution in [3.63, 3.8) is 0 Å². The van der Waals surface area contributed by atoms with E-state index in [2.05, 4.69) is 82.3 Å². The Labute approximate surface area is 143 Å². The molecule has 0 aliphatic heterocycles. The van der Waals surface area contributed by atoms with E-state index in [1.165, 1.54) is 37.8 Å². The van der Waals surface area contributed by atoms with Gasteiger partial charge >= 0.3 is 0 Å². The number of aromatic nitrogens is 2. The molecular weight excluding hydrogens is 304 g/mol. The lowest BCUT2D eigenvalue weighted by molar-refractivity contribution is 1.28. The quantitative estimate of drug-likeness (QED) is 0.316. The molecule has 6 rings (SSSR count). The topological polar surface area (TPSA) is 17.3 Å². The minimum atomic E-state index is 1.06. The van der Waals surface area contributed by atoms with Crippen LogP contribution in [0.1, 0.15) is 0 Å². The molecule has 2 heteroatoms. The van der Waals surface area contributed by atoms with Crippen LogP contribution in [0.4, 0.5) is 0 Å². The second-order valence-corrected chi connectivity index (χ2v) is 6.51. The fraction of sp³-hybridized carbons (Fsp3) is 0. The van der Waals surface area contributed by atoms with Crippen molar-refractivity contribution in [3.8, 4) is 0 Å². The Morgan fingerprint density at radius 1 is 0.600 bits per heavy atom. The lowest BCUT2D eigenvalue weighted by Crippen LogP contribution is -1.92. The zero-order valence-electron chi connectivity index (χ0n) is 13.5. The van der Waals surface area contributed by atoms with Crippen molar-refractivity contribution in [3.05, 3.63) is 85.2 Å². The van der Waals surface area contributed by atoms with E-state index in [0.717, 1.165) is 11.0 Å². The first-order valence-electron chi connectivity index (χ1n) is 8.50. The molecule has 0 bridgehead atoms. The molecule has 0 saturated carbocycles. The van der Waals surface area contributed by atoms with Crippen LogP contribution >= 0.6 is 0 Å². The normalized spacial score (nSPS) is 12.0. The van der Waals surface area contributed by atoms with E-state index in [4.69, 9.17) is 0 Å². The Hall–Kier alpha value is -3.39. The molecule has 0 N–H and O–H groups in total. The predicted octanol–water partition coefficient (Wildman–Crippen LogP) is 5.95. The van der Waals surface area contributed by atoms with Crippen molar-refractivity contribution in [2.75, 3.05) is 0 Å². The third-order valence-corrected chi connectivity index (χ3v) is 5.23. The summed E-state index contributed by atoms with van der Waals surface area (Å²) < 4.78 is 2.28. The number of fused-ring (bicyclic) bond motifs is 10. The number of hydrogen-bond donors (Lipinski definition) is 0. The predicted molar refractivity (Wildman–Crippen MR) is 105 cm³/mol. The van der Waals surface area contributed by atoms with Gasteiger partial charge in [-0.2, -0.15) is 0 Å². The number of pyridine rings is 2. The van der Waals surface area contributed by atoms with Crippen LogP contribution in [-0.2, 0) is 0 Å². The maximum atomic E-state index is 4.64. The molecule has 116 valence electrons. The van der Waals surface area contributed by atoms with Gasteiger partial charge in [0.1, 0.15) is 0 Å². The van der Waals surface area contributed by atoms with E-state index >= 15 is 0 Å². The fourth-order valence-corrected chi connectivity index (χ4v) is 4.14. The number of hydrogen-bond acceptors (Lipinski definition) is 1. The Kier molecular flexibility index (Phi) is 2.37. The zero-order chi connectivity index (χ0) is 16.4. The number of benzene rings is 3. The summed E-state index contributed by atoms with van der Waals surface area (Å²) in [6.07, 6.45) is 4.01. The van der Waals surface area contributed by atoms with Gasteiger partial charge in [-0.15, -0.1) is 0 Å². The highest BCUT2D eigenvalue weighted by Crippen LogP contribution is 2.35. The van der Waals surface area contributed by atoms with E-state index in [1.807, 2.05) is 12.3 Å². The fourth-order valence-electron chi connectivity index (χ4n) is 4.14. The summed E-state index contributed by atoms with van der Waals surface area (Å²) in [6.45, 7) is 0. The molecule has 0 radical (unpaired) electrons. The standard InChI is InChI=1S/C23H14N2/c1-2-6-16-15(5-1)9-10-19-17(16)11-12-20-18-7-3-13-24-22(18)21-8-4-14-25(21)23(19)20/h1-14H. The summed E-state index contributed by atoms with van der Waals surface area (Å²) in [5.74, 6) is 0. The van der Waals surface area contributed by atoms with Crippen LogP contribution in [0.15, 0.2) is 85.2 Å². The summed E-state index contributed by atoms with van der Waals surface area (Å²) in [6, 6.07) is 26.0. The van der Waals surface area contributed by atoms with Crippen LogP contribution in [0.2, 0.25) is 0 Å². The first-order chi connectivity index (χ1) is 12.4. The second kappa shape index (κ2) is 4.58. The van der Waals surface area contributed by atoms with E-state index in [0.29, 0.717) is 0 Å². The van der Waals surface area contributed by atoms with Crippen LogP contribution in [0.3, 0.4) is 0 Å². The van der Waals surface area contributed by atoms with Crippen molar-refractivity contribution < 1.29 is 0 Å². The highest BCUT2D eigenvalue weighted by atomic mass is 14.9. The lowest BCUT2D eigenvalue weighted by atomic mass is 9.98. The molecular formula is C23H14N2. The SMILES string of the molecule is c1ccc2c(c1)ccc1c2ccc2c3cccnc3c3cccn3c12. The molecule has 0 spiro atoms. The molecule has 2 nitrogen and oxygen atoms in total. The Morgan fingerprint density at radius 3 is 2.40 bits per heavy atom. The number of rotatable bonds is 0. The van der Waals surface area contributed by atoms with Crippen molar-refractivity contribution in [1.82, 2.24) is 9.38 Å². The van der Waals surface area contributed by atoms with Gasteiger partial charge in [-0.05, 0) is 34.4 Å². The molecule has 3 aromatic carbocycles. The third kappa shape index (κ3) is 1.61. The lowest BCUT2D eigenvalue weighted by Gasteiger charge is -2.12. The van der Waals surface area contributed by atoms with E-state index < -0.39 is 0 Å². The molecule has 6 aromatic rings. The van der Waals surface area contributed by atoms with Gasteiger partial charge in [0, 0.05) is 28.6 Å². The van der Waals surface area contributed by atoms with E-state index in [9.17, 15) is 0 Å². The van der Waals surface area contributed by atoms with Crippen LogP contribution < -0.4 is 0 Å². The second-order valence-electron chi connectivity index (χ2n) is 6.51. The average molecular weight is 318 g/mol. The van der Waals surface area contributed by atoms with Crippen LogP contribution in [0.25, 0.3) is 48.9 Å². The summed E-state index contributed by atoms with van der Waals surface area (Å²) in [5.41, 5.74) is 3.47. The van der Waals surface area contributed by atoms with Gasteiger partial charge in [-0.25, -0.2) is 0 Å². The maximum absolute atomic E-state index is 4.64. The summed E-state index contributed by atoms with van der Waals surface area (Å²) >= 11 is 0. The minimum Gasteiger partial charge on any atom is -0.314 e. The average Bonchev–Trinajstić information content (AvgIpc) is 3.17. The highest BCUT2D eigenvalue weighted by molar-refractivity contribution is 6.22. The van der Waals surface area contributed by atoms with Gasteiger partial charge in [0.05, 0.1) is 16.6 Å². The minimum absolute atomic E-state index is 1.06. The van der Waals surface area contributed by atoms with Gasteiger partial charge in [0.15, 0.2) is 0 Å². The molecule has 0 fully saturated rings. The van der Waals surface area contributed by atoms with Gasteiger partial charge in [-0.3, -0.25) is 4.98 Å². The number of nitrogens with zero attached hydrogens (tertiary/aromatic N) is 2. The third-order valence-electron chi connectivity index (χ3n) is 5.23. The van der Waals surface area contributed by atoms with E-state index in [1.54, 1.807) is 0 Å². The smallest absolute Gasteiger partial charge is 0.0948 e. The van der Waals surface area contributed by atoms with Crippen molar-refractivity contribution in [2.45, 2.75) is 0 Å². The largest absolute Gasteiger partial charge is 0.314 e. The summed E-state index contributed by atoms with van der Waals surface area (Å²) in [5, 5.41) is 7.61. The Bertz CT molecular complexity index is 1440. The van der Waals surface area contributed by atoms with Crippen LogP contribution in [0, 0.1) is 0 Å². The van der Waals surface area contributed by atoms with Gasteiger partial charge in [-0.1, -0.05) is 54.6 Å². The maximum Gasteiger partial charge on any atom is 0.0948 e. The first kappa shape index (κ1) is 13.0. The molecule has 3 heterocycles. The molecule has 0 saturated heterocycles. The van der Waals surface area contributed by atoms with Gasteiger partial charge in [0.2, 0.25) is 0 Å². The molecule has 0 unspecified atom stereocenters. The van der Waals surface area contributed by atoms with Crippen molar-refractivity contribution in [1.29, 1.82) is 0 Å². The van der Waals surface area contributed by atoms with Crippen LogP contribution in [0.5, 0.6) is 0 Å². The van der Waals surface area contributed by atoms with Crippen LogP contribution in [-0.4, -0.2) is 9.38 Å². The Balaban J connectivity index is 1.99.